The van der Waals surface area contributed by atoms with Gasteiger partial charge in [0.2, 0.25) is 11.4 Å². The van der Waals surface area contributed by atoms with Crippen molar-refractivity contribution in [2.24, 2.45) is 12.1 Å². The molecule has 0 saturated heterocycles. The molecule has 0 saturated carbocycles. The van der Waals surface area contributed by atoms with Crippen molar-refractivity contribution in [3.05, 3.63) is 175 Å². The predicted molar refractivity (Wildman–Crippen MR) is 183 cm³/mol. The molecule has 0 radical (unpaired) electrons. The number of aromatic nitrogens is 1. The Morgan fingerprint density at radius 1 is 0.568 bits per heavy atom. The predicted octanol–water partition coefficient (Wildman–Crippen LogP) is 9.53. The molecule has 0 fully saturated rings. The van der Waals surface area contributed by atoms with Crippen molar-refractivity contribution in [3.8, 4) is 33.6 Å². The molecule has 0 bridgehead atoms. The maximum atomic E-state index is 5.11. The molecule has 0 aliphatic carbocycles. The largest absolute Gasteiger partial charge is 0.257 e. The maximum absolute atomic E-state index is 5.11. The van der Waals surface area contributed by atoms with Crippen LogP contribution in [0.15, 0.2) is 169 Å². The van der Waals surface area contributed by atoms with E-state index in [1.165, 1.54) is 44.8 Å². The number of hydrogen-bond donors (Lipinski definition) is 0. The van der Waals surface area contributed by atoms with Gasteiger partial charge in [-0.1, -0.05) is 115 Å². The lowest BCUT2D eigenvalue weighted by Gasteiger charge is -2.24. The number of anilines is 1. The summed E-state index contributed by atoms with van der Waals surface area (Å²) in [6.45, 7) is 0. The van der Waals surface area contributed by atoms with Crippen LogP contribution in [0.4, 0.5) is 5.69 Å². The highest BCUT2D eigenvalue weighted by molar-refractivity contribution is 6.01. The fourth-order valence-electron chi connectivity index (χ4n) is 5.97. The van der Waals surface area contributed by atoms with E-state index in [4.69, 9.17) is 5.10 Å². The fraction of sp³-hybridized carbons (Fsp3) is 0.0732. The highest BCUT2D eigenvalue weighted by Gasteiger charge is 2.28. The molecule has 5 aromatic carbocycles. The van der Waals surface area contributed by atoms with Crippen molar-refractivity contribution in [1.29, 1.82) is 0 Å². The Bertz CT molecular complexity index is 1850. The van der Waals surface area contributed by atoms with Gasteiger partial charge in [-0.2, -0.15) is 9.67 Å². The Balaban J connectivity index is 1.26. The average molecular weight is 569 g/mol. The van der Waals surface area contributed by atoms with Gasteiger partial charge in [-0.15, -0.1) is 0 Å². The van der Waals surface area contributed by atoms with Crippen LogP contribution in [0, 0.1) is 0 Å². The standard InChI is InChI=1S/C41H34N3/c1-43-39(33-16-8-3-9-17-33)28-36(29-40(43)34-18-10-4-11-19-34)32-23-26-38(27-24-32)44-41(35-20-12-5-13-21-35)30-37(42-44)25-22-31-14-6-2-7-15-31/h2-29,41H,30H2,1H3/q+1/b25-22+/t41-/m0/s1. The topological polar surface area (TPSA) is 19.5 Å². The maximum Gasteiger partial charge on any atom is 0.213 e. The number of rotatable bonds is 7. The Kier molecular flexibility index (Phi) is 7.67. The zero-order valence-electron chi connectivity index (χ0n) is 24.8. The van der Waals surface area contributed by atoms with Gasteiger partial charge in [-0.3, -0.25) is 5.01 Å². The Labute approximate surface area is 259 Å². The van der Waals surface area contributed by atoms with Gasteiger partial charge in [0.15, 0.2) is 0 Å². The van der Waals surface area contributed by atoms with Gasteiger partial charge in [-0.25, -0.2) is 0 Å². The van der Waals surface area contributed by atoms with E-state index in [1.54, 1.807) is 0 Å². The van der Waals surface area contributed by atoms with Crippen molar-refractivity contribution < 1.29 is 4.57 Å². The first kappa shape index (κ1) is 27.3. The zero-order chi connectivity index (χ0) is 29.7. The molecule has 44 heavy (non-hydrogen) atoms. The van der Waals surface area contributed by atoms with E-state index in [0.29, 0.717) is 0 Å². The van der Waals surface area contributed by atoms with Crippen LogP contribution in [0.3, 0.4) is 0 Å². The first-order valence-electron chi connectivity index (χ1n) is 15.1. The molecule has 1 aliphatic rings. The van der Waals surface area contributed by atoms with E-state index in [0.717, 1.165) is 17.8 Å². The molecule has 0 amide bonds. The van der Waals surface area contributed by atoms with Crippen LogP contribution < -0.4 is 9.58 Å². The number of pyridine rings is 1. The Morgan fingerprint density at radius 3 is 1.66 bits per heavy atom. The summed E-state index contributed by atoms with van der Waals surface area (Å²) < 4.78 is 2.29. The van der Waals surface area contributed by atoms with E-state index in [2.05, 4.69) is 180 Å². The third-order valence-electron chi connectivity index (χ3n) is 8.30. The van der Waals surface area contributed by atoms with Gasteiger partial charge < -0.3 is 0 Å². The summed E-state index contributed by atoms with van der Waals surface area (Å²) in [6.07, 6.45) is 5.16. The smallest absolute Gasteiger partial charge is 0.213 e. The molecule has 0 N–H and O–H groups in total. The van der Waals surface area contributed by atoms with Crippen molar-refractivity contribution in [1.82, 2.24) is 0 Å². The van der Waals surface area contributed by atoms with Crippen molar-refractivity contribution in [2.45, 2.75) is 12.5 Å². The molecule has 7 rings (SSSR count). The summed E-state index contributed by atoms with van der Waals surface area (Å²) in [5, 5.41) is 7.29. The van der Waals surface area contributed by atoms with E-state index >= 15 is 0 Å². The molecule has 0 spiro atoms. The van der Waals surface area contributed by atoms with E-state index in [1.807, 2.05) is 6.07 Å². The first-order valence-corrected chi connectivity index (χ1v) is 15.1. The molecule has 2 heterocycles. The lowest BCUT2D eigenvalue weighted by atomic mass is 9.98. The number of allylic oxidation sites excluding steroid dienone is 1. The Hall–Kier alpha value is -5.54. The fourth-order valence-corrected chi connectivity index (χ4v) is 5.97. The van der Waals surface area contributed by atoms with Gasteiger partial charge >= 0.3 is 0 Å². The highest BCUT2D eigenvalue weighted by Crippen LogP contribution is 2.37. The molecule has 0 unspecified atom stereocenters. The molecular weight excluding hydrogens is 534 g/mol. The summed E-state index contributed by atoms with van der Waals surface area (Å²) in [4.78, 5) is 0. The van der Waals surface area contributed by atoms with Gasteiger partial charge in [0.1, 0.15) is 7.05 Å². The highest BCUT2D eigenvalue weighted by atomic mass is 15.5. The monoisotopic (exact) mass is 568 g/mol. The third kappa shape index (κ3) is 5.73. The molecule has 212 valence electrons. The van der Waals surface area contributed by atoms with Crippen LogP contribution in [0.25, 0.3) is 39.7 Å². The van der Waals surface area contributed by atoms with Crippen molar-refractivity contribution in [3.63, 3.8) is 0 Å². The van der Waals surface area contributed by atoms with Crippen LogP contribution in [0.1, 0.15) is 23.6 Å². The number of benzene rings is 5. The van der Waals surface area contributed by atoms with Gasteiger partial charge in [-0.05, 0) is 64.7 Å². The van der Waals surface area contributed by atoms with Crippen LogP contribution in [-0.2, 0) is 7.05 Å². The Morgan fingerprint density at radius 2 is 1.09 bits per heavy atom. The summed E-state index contributed by atoms with van der Waals surface area (Å²) >= 11 is 0. The second kappa shape index (κ2) is 12.4. The van der Waals surface area contributed by atoms with Crippen molar-refractivity contribution in [2.75, 3.05) is 5.01 Å². The minimum Gasteiger partial charge on any atom is -0.257 e. The number of nitrogens with zero attached hydrogens (tertiary/aromatic N) is 3. The summed E-state index contributed by atoms with van der Waals surface area (Å²) in [5.74, 6) is 0. The van der Waals surface area contributed by atoms with Gasteiger partial charge in [0.05, 0.1) is 17.4 Å². The SMILES string of the molecule is C[n+]1c(-c2ccccc2)cc(-c2ccc(N3N=C(/C=C/c4ccccc4)C[C@H]3c3ccccc3)cc2)cc1-c1ccccc1. The number of hydrazone groups is 1. The molecule has 3 nitrogen and oxygen atoms in total. The molecule has 3 heteroatoms. The molecule has 1 atom stereocenters. The van der Waals surface area contributed by atoms with E-state index in [9.17, 15) is 0 Å². The summed E-state index contributed by atoms with van der Waals surface area (Å²) in [7, 11) is 2.15. The van der Waals surface area contributed by atoms with Crippen molar-refractivity contribution >= 4 is 17.5 Å². The van der Waals surface area contributed by atoms with Crippen LogP contribution >= 0.6 is 0 Å². The van der Waals surface area contributed by atoms with E-state index < -0.39 is 0 Å². The minimum atomic E-state index is 0.141. The average Bonchev–Trinajstić information content (AvgIpc) is 3.54. The summed E-state index contributed by atoms with van der Waals surface area (Å²) in [5.41, 5.74) is 11.7. The van der Waals surface area contributed by atoms with Crippen LogP contribution in [0.2, 0.25) is 0 Å². The second-order valence-corrected chi connectivity index (χ2v) is 11.2. The zero-order valence-corrected chi connectivity index (χ0v) is 24.8. The number of hydrogen-bond acceptors (Lipinski definition) is 2. The first-order chi connectivity index (χ1) is 21.7. The van der Waals surface area contributed by atoms with Crippen LogP contribution in [0.5, 0.6) is 0 Å². The minimum absolute atomic E-state index is 0.141. The summed E-state index contributed by atoms with van der Waals surface area (Å²) in [6, 6.07) is 55.9. The van der Waals surface area contributed by atoms with E-state index in [-0.39, 0.29) is 6.04 Å². The second-order valence-electron chi connectivity index (χ2n) is 11.2. The van der Waals surface area contributed by atoms with Gasteiger partial charge in [0, 0.05) is 29.7 Å². The van der Waals surface area contributed by atoms with Crippen LogP contribution in [-0.4, -0.2) is 5.71 Å². The third-order valence-corrected chi connectivity index (χ3v) is 8.30. The molecule has 6 aromatic rings. The quantitative estimate of drug-likeness (QED) is 0.176. The lowest BCUT2D eigenvalue weighted by Crippen LogP contribution is -2.34. The molecule has 1 aliphatic heterocycles. The molecule has 1 aromatic heterocycles. The normalized spacial score (nSPS) is 14.6. The lowest BCUT2D eigenvalue weighted by molar-refractivity contribution is -0.649. The van der Waals surface area contributed by atoms with Gasteiger partial charge in [0.25, 0.3) is 0 Å². The molecular formula is C41H34N3+.